The third-order valence-corrected chi connectivity index (χ3v) is 3.54. The molecule has 120 valence electrons. The molecule has 0 spiro atoms. The number of carbonyl (C=O) groups is 2. The molecule has 4 N–H and O–H groups in total. The van der Waals surface area contributed by atoms with E-state index in [0.717, 1.165) is 8.58 Å². The summed E-state index contributed by atoms with van der Waals surface area (Å²) in [6, 6.07) is 5.27. The van der Waals surface area contributed by atoms with Crippen molar-refractivity contribution in [3.63, 3.8) is 0 Å². The molecule has 2 rings (SSSR count). The van der Waals surface area contributed by atoms with Crippen molar-refractivity contribution >= 4 is 45.9 Å². The van der Waals surface area contributed by atoms with Crippen LogP contribution in [-0.2, 0) is 0 Å². The molecule has 1 aromatic heterocycles. The Bertz CT molecular complexity index is 756. The molecule has 0 aliphatic rings. The van der Waals surface area contributed by atoms with Gasteiger partial charge in [0.25, 0.3) is 5.91 Å². The van der Waals surface area contributed by atoms with Gasteiger partial charge in [0.2, 0.25) is 0 Å². The smallest absolute Gasteiger partial charge is 0.333 e. The first kappa shape index (κ1) is 16.9. The normalized spacial score (nSPS) is 10.0. The van der Waals surface area contributed by atoms with Crippen LogP contribution in [-0.4, -0.2) is 29.0 Å². The van der Waals surface area contributed by atoms with Gasteiger partial charge in [-0.05, 0) is 46.9 Å². The van der Waals surface area contributed by atoms with Crippen LogP contribution in [0.3, 0.4) is 0 Å². The van der Waals surface area contributed by atoms with E-state index in [1.54, 1.807) is 12.1 Å². The van der Waals surface area contributed by atoms with E-state index in [1.807, 2.05) is 22.6 Å². The van der Waals surface area contributed by atoms with Gasteiger partial charge in [0, 0.05) is 16.8 Å². The first-order chi connectivity index (χ1) is 10.9. The van der Waals surface area contributed by atoms with Crippen molar-refractivity contribution in [2.24, 2.45) is 5.73 Å². The number of anilines is 2. The Kier molecular flexibility index (Phi) is 5.32. The van der Waals surface area contributed by atoms with E-state index in [0.29, 0.717) is 5.69 Å². The summed E-state index contributed by atoms with van der Waals surface area (Å²) in [5, 5.41) is 3.66. The molecule has 0 atom stereocenters. The van der Waals surface area contributed by atoms with E-state index >= 15 is 0 Å². The number of benzene rings is 1. The lowest BCUT2D eigenvalue weighted by molar-refractivity contribution is 0.0860. The Balaban J connectivity index is 2.27. The Morgan fingerprint density at radius 2 is 2.04 bits per heavy atom. The highest BCUT2D eigenvalue weighted by atomic mass is 127. The number of rotatable bonds is 3. The summed E-state index contributed by atoms with van der Waals surface area (Å²) in [6.07, 6.45) is 2.80. The predicted molar refractivity (Wildman–Crippen MR) is 91.4 cm³/mol. The SMILES string of the molecule is CN(NC(=O)c1ccncc1Nc1ccc(I)cc1F)C(N)=O. The zero-order chi connectivity index (χ0) is 17.0. The maximum atomic E-state index is 13.9. The third-order valence-electron chi connectivity index (χ3n) is 2.87. The minimum atomic E-state index is -0.814. The minimum absolute atomic E-state index is 0.186. The second kappa shape index (κ2) is 7.22. The molecule has 9 heteroatoms. The molecule has 0 saturated carbocycles. The number of pyridine rings is 1. The standard InChI is InChI=1S/C14H13FIN5O2/c1-21(14(17)23)20-13(22)9-4-5-18-7-12(9)19-11-3-2-8(16)6-10(11)15/h2-7,19H,1H3,(H2,17,23)(H,20,22). The zero-order valence-electron chi connectivity index (χ0n) is 12.0. The Labute approximate surface area is 145 Å². The Morgan fingerprint density at radius 1 is 1.30 bits per heavy atom. The van der Waals surface area contributed by atoms with Gasteiger partial charge >= 0.3 is 6.03 Å². The first-order valence-corrected chi connectivity index (χ1v) is 7.46. The van der Waals surface area contributed by atoms with Gasteiger partial charge in [-0.1, -0.05) is 0 Å². The van der Waals surface area contributed by atoms with Crippen molar-refractivity contribution in [1.29, 1.82) is 0 Å². The number of halogens is 2. The van der Waals surface area contributed by atoms with E-state index in [1.165, 1.54) is 31.6 Å². The molecule has 0 radical (unpaired) electrons. The van der Waals surface area contributed by atoms with Gasteiger partial charge in [-0.2, -0.15) is 0 Å². The van der Waals surface area contributed by atoms with Gasteiger partial charge in [0.05, 0.1) is 23.1 Å². The molecule has 3 amide bonds. The number of urea groups is 1. The quantitative estimate of drug-likeness (QED) is 0.515. The number of carbonyl (C=O) groups excluding carboxylic acids is 2. The topological polar surface area (TPSA) is 100 Å². The average molecular weight is 429 g/mol. The van der Waals surface area contributed by atoms with Gasteiger partial charge in [-0.15, -0.1) is 0 Å². The molecule has 0 aliphatic heterocycles. The summed E-state index contributed by atoms with van der Waals surface area (Å²) in [5.74, 6) is -1.04. The summed E-state index contributed by atoms with van der Waals surface area (Å²) < 4.78 is 14.7. The molecule has 1 aromatic carbocycles. The molecule has 1 heterocycles. The van der Waals surface area contributed by atoms with Crippen LogP contribution >= 0.6 is 22.6 Å². The maximum Gasteiger partial charge on any atom is 0.333 e. The maximum absolute atomic E-state index is 13.9. The van der Waals surface area contributed by atoms with Crippen LogP contribution in [0, 0.1) is 9.39 Å². The average Bonchev–Trinajstić information content (AvgIpc) is 2.50. The van der Waals surface area contributed by atoms with Crippen LogP contribution in [0.5, 0.6) is 0 Å². The van der Waals surface area contributed by atoms with E-state index < -0.39 is 17.8 Å². The monoisotopic (exact) mass is 429 g/mol. The van der Waals surface area contributed by atoms with E-state index in [-0.39, 0.29) is 11.3 Å². The molecule has 0 saturated heterocycles. The van der Waals surface area contributed by atoms with Gasteiger partial charge in [-0.25, -0.2) is 14.2 Å². The van der Waals surface area contributed by atoms with Crippen molar-refractivity contribution in [2.75, 3.05) is 12.4 Å². The van der Waals surface area contributed by atoms with Crippen LogP contribution in [0.1, 0.15) is 10.4 Å². The third kappa shape index (κ3) is 4.28. The molecule has 0 unspecified atom stereocenters. The van der Waals surface area contributed by atoms with Crippen molar-refractivity contribution in [1.82, 2.24) is 15.4 Å². The van der Waals surface area contributed by atoms with E-state index in [2.05, 4.69) is 15.7 Å². The predicted octanol–water partition coefficient (Wildman–Crippen LogP) is 2.22. The number of hydrogen-bond donors (Lipinski definition) is 3. The van der Waals surface area contributed by atoms with E-state index in [9.17, 15) is 14.0 Å². The fraction of sp³-hybridized carbons (Fsp3) is 0.0714. The minimum Gasteiger partial charge on any atom is -0.351 e. The lowest BCUT2D eigenvalue weighted by Gasteiger charge is -2.17. The Hall–Kier alpha value is -2.43. The van der Waals surface area contributed by atoms with Gasteiger partial charge < -0.3 is 11.1 Å². The van der Waals surface area contributed by atoms with Crippen LogP contribution in [0.25, 0.3) is 0 Å². The molecule has 0 bridgehead atoms. The second-order valence-corrected chi connectivity index (χ2v) is 5.75. The summed E-state index contributed by atoms with van der Waals surface area (Å²) in [7, 11) is 1.31. The van der Waals surface area contributed by atoms with Crippen molar-refractivity contribution in [2.45, 2.75) is 0 Å². The summed E-state index contributed by atoms with van der Waals surface area (Å²) >= 11 is 2.00. The van der Waals surface area contributed by atoms with Crippen LogP contribution < -0.4 is 16.5 Å². The molecule has 0 fully saturated rings. The molecule has 2 aromatic rings. The summed E-state index contributed by atoms with van der Waals surface area (Å²) in [4.78, 5) is 27.1. The zero-order valence-corrected chi connectivity index (χ0v) is 14.2. The highest BCUT2D eigenvalue weighted by Gasteiger charge is 2.15. The number of hydrogen-bond acceptors (Lipinski definition) is 4. The molecular weight excluding hydrogens is 416 g/mol. The number of amides is 3. The van der Waals surface area contributed by atoms with Gasteiger partial charge in [-0.3, -0.25) is 15.2 Å². The summed E-state index contributed by atoms with van der Waals surface area (Å²) in [5.41, 5.74) is 8.04. The number of nitrogens with zero attached hydrogens (tertiary/aromatic N) is 2. The van der Waals surface area contributed by atoms with Crippen LogP contribution in [0.4, 0.5) is 20.6 Å². The van der Waals surface area contributed by atoms with Crippen molar-refractivity contribution < 1.29 is 14.0 Å². The Morgan fingerprint density at radius 3 is 2.70 bits per heavy atom. The van der Waals surface area contributed by atoms with Crippen molar-refractivity contribution in [3.8, 4) is 0 Å². The number of primary amides is 1. The number of aromatic nitrogens is 1. The largest absolute Gasteiger partial charge is 0.351 e. The lowest BCUT2D eigenvalue weighted by atomic mass is 10.2. The number of hydrazine groups is 1. The molecular formula is C14H13FIN5O2. The van der Waals surface area contributed by atoms with Crippen LogP contribution in [0.15, 0.2) is 36.7 Å². The fourth-order valence-corrected chi connectivity index (χ4v) is 2.15. The molecule has 7 nitrogen and oxygen atoms in total. The second-order valence-electron chi connectivity index (χ2n) is 4.51. The van der Waals surface area contributed by atoms with Gasteiger partial charge in [0.15, 0.2) is 0 Å². The first-order valence-electron chi connectivity index (χ1n) is 6.38. The van der Waals surface area contributed by atoms with E-state index in [4.69, 9.17) is 5.73 Å². The highest BCUT2D eigenvalue weighted by molar-refractivity contribution is 14.1. The molecule has 23 heavy (non-hydrogen) atoms. The van der Waals surface area contributed by atoms with Crippen LogP contribution in [0.2, 0.25) is 0 Å². The number of nitrogens with one attached hydrogen (secondary N) is 2. The number of nitrogens with two attached hydrogens (primary N) is 1. The highest BCUT2D eigenvalue weighted by Crippen LogP contribution is 2.23. The lowest BCUT2D eigenvalue weighted by Crippen LogP contribution is -2.46. The molecule has 0 aliphatic carbocycles. The fourth-order valence-electron chi connectivity index (χ4n) is 1.70. The van der Waals surface area contributed by atoms with Crippen molar-refractivity contribution in [3.05, 3.63) is 51.6 Å². The summed E-state index contributed by atoms with van der Waals surface area (Å²) in [6.45, 7) is 0. The van der Waals surface area contributed by atoms with Gasteiger partial charge in [0.1, 0.15) is 5.82 Å².